The van der Waals surface area contributed by atoms with E-state index in [1.165, 1.54) is 12.0 Å². The van der Waals surface area contributed by atoms with Crippen LogP contribution in [-0.2, 0) is 28.7 Å². The smallest absolute Gasteiger partial charge is 0.408 e. The van der Waals surface area contributed by atoms with Gasteiger partial charge in [-0.05, 0) is 65.2 Å². The van der Waals surface area contributed by atoms with Crippen LogP contribution in [0.3, 0.4) is 0 Å². The fourth-order valence-corrected chi connectivity index (χ4v) is 3.69. The quantitative estimate of drug-likeness (QED) is 0.407. The number of nitrogens with one attached hydrogen (secondary N) is 2. The Hall–Kier alpha value is -3.63. The second kappa shape index (κ2) is 12.9. The summed E-state index contributed by atoms with van der Waals surface area (Å²) in [7, 11) is 1.19. The highest BCUT2D eigenvalue weighted by Crippen LogP contribution is 2.30. The lowest BCUT2D eigenvalue weighted by atomic mass is 9.92. The van der Waals surface area contributed by atoms with Crippen LogP contribution >= 0.6 is 0 Å². The van der Waals surface area contributed by atoms with Gasteiger partial charge in [-0.15, -0.1) is 0 Å². The third kappa shape index (κ3) is 8.86. The first kappa shape index (κ1) is 30.4. The third-order valence-corrected chi connectivity index (χ3v) is 5.18. The van der Waals surface area contributed by atoms with Crippen molar-refractivity contribution in [1.29, 1.82) is 0 Å². The van der Waals surface area contributed by atoms with Gasteiger partial charge in [-0.25, -0.2) is 4.79 Å². The molecule has 0 aliphatic rings. The van der Waals surface area contributed by atoms with Gasteiger partial charge in [0.25, 0.3) is 0 Å². The molecule has 1 aromatic rings. The first-order valence-electron chi connectivity index (χ1n) is 11.6. The number of amides is 4. The van der Waals surface area contributed by atoms with Crippen LogP contribution in [0.15, 0.2) is 18.2 Å². The van der Waals surface area contributed by atoms with Gasteiger partial charge >= 0.3 is 12.1 Å². The first-order valence-corrected chi connectivity index (χ1v) is 11.6. The number of hydrogen-bond acceptors (Lipinski definition) is 7. The molecule has 11 heteroatoms. The van der Waals surface area contributed by atoms with Crippen molar-refractivity contribution < 1.29 is 33.4 Å². The fourth-order valence-electron chi connectivity index (χ4n) is 3.69. The van der Waals surface area contributed by atoms with Gasteiger partial charge in [-0.3, -0.25) is 19.2 Å². The molecule has 4 N–H and O–H groups in total. The number of nitrogens with zero attached hydrogens (tertiary/aromatic N) is 1. The Kier molecular flexibility index (Phi) is 10.9. The average Bonchev–Trinajstić information content (AvgIpc) is 2.73. The molecular weight excluding hydrogens is 468 g/mol. The van der Waals surface area contributed by atoms with Crippen LogP contribution in [0.4, 0.5) is 4.79 Å². The Morgan fingerprint density at radius 3 is 2.06 bits per heavy atom. The molecule has 0 bridgehead atoms. The van der Waals surface area contributed by atoms with E-state index in [0.29, 0.717) is 5.56 Å². The highest BCUT2D eigenvalue weighted by atomic mass is 16.6. The summed E-state index contributed by atoms with van der Waals surface area (Å²) in [6.07, 6.45) is -1.42. The Morgan fingerprint density at radius 1 is 1.06 bits per heavy atom. The number of primary amides is 1. The molecule has 1 aromatic carbocycles. The Morgan fingerprint density at radius 2 is 1.61 bits per heavy atom. The van der Waals surface area contributed by atoms with Gasteiger partial charge in [0.15, 0.2) is 0 Å². The zero-order valence-corrected chi connectivity index (χ0v) is 22.3. The minimum atomic E-state index is -1.39. The number of rotatable bonds is 10. The van der Waals surface area contributed by atoms with E-state index in [0.717, 1.165) is 11.1 Å². The van der Waals surface area contributed by atoms with Crippen LogP contribution in [0.1, 0.15) is 63.8 Å². The molecular formula is C25H38N4O7. The van der Waals surface area contributed by atoms with Crippen molar-refractivity contribution in [2.45, 2.75) is 78.6 Å². The molecule has 11 nitrogen and oxygen atoms in total. The number of nitrogens with two attached hydrogens (primary N) is 1. The van der Waals surface area contributed by atoms with Crippen LogP contribution in [0.2, 0.25) is 0 Å². The van der Waals surface area contributed by atoms with E-state index >= 15 is 0 Å². The number of esters is 1. The molecule has 0 saturated heterocycles. The molecule has 36 heavy (non-hydrogen) atoms. The lowest BCUT2D eigenvalue weighted by Crippen LogP contribution is -2.56. The highest BCUT2D eigenvalue weighted by Gasteiger charge is 2.39. The van der Waals surface area contributed by atoms with E-state index in [2.05, 4.69) is 15.4 Å². The summed E-state index contributed by atoms with van der Waals surface area (Å²) in [5, 5.41) is 4.93. The fraction of sp³-hybridized carbons (Fsp3) is 0.560. The molecule has 0 aromatic heterocycles. The normalized spacial score (nSPS) is 12.8. The predicted molar refractivity (Wildman–Crippen MR) is 133 cm³/mol. The van der Waals surface area contributed by atoms with E-state index in [-0.39, 0.29) is 0 Å². The second-order valence-electron chi connectivity index (χ2n) is 9.71. The monoisotopic (exact) mass is 506 g/mol. The van der Waals surface area contributed by atoms with Gasteiger partial charge in [-0.1, -0.05) is 18.2 Å². The van der Waals surface area contributed by atoms with Crippen molar-refractivity contribution in [3.8, 4) is 0 Å². The highest BCUT2D eigenvalue weighted by molar-refractivity contribution is 5.95. The first-order chi connectivity index (χ1) is 16.6. The lowest BCUT2D eigenvalue weighted by molar-refractivity contribution is -0.146. The van der Waals surface area contributed by atoms with Crippen molar-refractivity contribution in [3.63, 3.8) is 0 Å². The molecule has 0 aliphatic heterocycles. The summed E-state index contributed by atoms with van der Waals surface area (Å²) in [5.41, 5.74) is 6.54. The SMILES string of the molecule is COC(=O)CNC(=O)C(c1c(C)cccc1C)N(C(=O)C(CC(N)=O)NC(=O)OC(C)(C)C)C(C)C. The number of carbonyl (C=O) groups excluding carboxylic acids is 5. The molecule has 2 unspecified atom stereocenters. The number of ether oxygens (including phenoxy) is 2. The summed E-state index contributed by atoms with van der Waals surface area (Å²) in [6.45, 7) is 11.5. The molecule has 0 aliphatic carbocycles. The molecule has 1 rings (SSSR count). The van der Waals surface area contributed by atoms with Crippen LogP contribution in [0, 0.1) is 13.8 Å². The summed E-state index contributed by atoms with van der Waals surface area (Å²) >= 11 is 0. The Labute approximate surface area is 212 Å². The van der Waals surface area contributed by atoms with Crippen LogP contribution in [0.5, 0.6) is 0 Å². The predicted octanol–water partition coefficient (Wildman–Crippen LogP) is 1.64. The van der Waals surface area contributed by atoms with E-state index in [1.807, 2.05) is 6.07 Å². The van der Waals surface area contributed by atoms with Crippen LogP contribution in [-0.4, -0.2) is 66.0 Å². The lowest BCUT2D eigenvalue weighted by Gasteiger charge is -2.38. The van der Waals surface area contributed by atoms with Gasteiger partial charge in [0.05, 0.1) is 13.5 Å². The summed E-state index contributed by atoms with van der Waals surface area (Å²) in [5.74, 6) is -2.83. The number of benzene rings is 1. The van der Waals surface area contributed by atoms with Gasteiger partial charge in [0, 0.05) is 6.04 Å². The van der Waals surface area contributed by atoms with Gasteiger partial charge in [-0.2, -0.15) is 0 Å². The van der Waals surface area contributed by atoms with Crippen molar-refractivity contribution >= 4 is 29.8 Å². The van der Waals surface area contributed by atoms with Crippen molar-refractivity contribution in [2.75, 3.05) is 13.7 Å². The van der Waals surface area contributed by atoms with Crippen LogP contribution in [0.25, 0.3) is 0 Å². The van der Waals surface area contributed by atoms with Gasteiger partial charge in [0.2, 0.25) is 17.7 Å². The molecule has 0 fully saturated rings. The maximum Gasteiger partial charge on any atom is 0.408 e. The average molecular weight is 507 g/mol. The van der Waals surface area contributed by atoms with Crippen molar-refractivity contribution in [2.24, 2.45) is 5.73 Å². The Bertz CT molecular complexity index is 965. The van der Waals surface area contributed by atoms with Crippen molar-refractivity contribution in [1.82, 2.24) is 15.5 Å². The zero-order chi connectivity index (χ0) is 27.8. The largest absolute Gasteiger partial charge is 0.468 e. The molecule has 0 radical (unpaired) electrons. The van der Waals surface area contributed by atoms with Gasteiger partial charge < -0.3 is 30.7 Å². The topological polar surface area (TPSA) is 157 Å². The Balaban J connectivity index is 3.56. The van der Waals surface area contributed by atoms with E-state index in [9.17, 15) is 24.0 Å². The molecule has 4 amide bonds. The second-order valence-corrected chi connectivity index (χ2v) is 9.71. The van der Waals surface area contributed by atoms with E-state index in [1.54, 1.807) is 60.6 Å². The summed E-state index contributed by atoms with van der Waals surface area (Å²) in [4.78, 5) is 64.5. The minimum Gasteiger partial charge on any atom is -0.468 e. The summed E-state index contributed by atoms with van der Waals surface area (Å²) in [6, 6.07) is 2.29. The zero-order valence-electron chi connectivity index (χ0n) is 22.3. The molecule has 2 atom stereocenters. The maximum atomic E-state index is 13.8. The number of methoxy groups -OCH3 is 1. The van der Waals surface area contributed by atoms with E-state index < -0.39 is 66.5 Å². The third-order valence-electron chi connectivity index (χ3n) is 5.18. The van der Waals surface area contributed by atoms with Gasteiger partial charge in [0.1, 0.15) is 24.2 Å². The van der Waals surface area contributed by atoms with Crippen LogP contribution < -0.4 is 16.4 Å². The number of aryl methyl sites for hydroxylation is 2. The number of alkyl carbamates (subject to hydrolysis) is 1. The standard InChI is InChI=1S/C25H38N4O7/c1-14(2)29(23(33)17(12-18(26)30)28-24(34)36-25(5,6)7)21(22(32)27-13-19(31)35-8)20-15(3)10-9-11-16(20)4/h9-11,14,17,21H,12-13H2,1-8H3,(H2,26,30)(H,27,32)(H,28,34). The molecule has 0 spiro atoms. The number of carbonyl (C=O) groups is 5. The summed E-state index contributed by atoms with van der Waals surface area (Å²) < 4.78 is 9.85. The van der Waals surface area contributed by atoms with Crippen molar-refractivity contribution in [3.05, 3.63) is 34.9 Å². The van der Waals surface area contributed by atoms with E-state index in [4.69, 9.17) is 10.5 Å². The minimum absolute atomic E-state index is 0.405. The molecule has 0 saturated carbocycles. The molecule has 200 valence electrons. The molecule has 0 heterocycles. The maximum absolute atomic E-state index is 13.8. The number of hydrogen-bond donors (Lipinski definition) is 3.